The first-order valence-electron chi connectivity index (χ1n) is 7.25. The van der Waals surface area contributed by atoms with E-state index < -0.39 is 0 Å². The third-order valence-corrected chi connectivity index (χ3v) is 4.17. The molecule has 0 aromatic heterocycles. The highest BCUT2D eigenvalue weighted by Crippen LogP contribution is 2.34. The van der Waals surface area contributed by atoms with Crippen molar-refractivity contribution in [2.75, 3.05) is 39.9 Å². The second-order valence-corrected chi connectivity index (χ2v) is 5.75. The molecular formula is C14H28N2O. The van der Waals surface area contributed by atoms with Crippen LogP contribution in [-0.2, 0) is 4.74 Å². The molecule has 17 heavy (non-hydrogen) atoms. The Bertz CT molecular complexity index is 214. The molecule has 0 aromatic carbocycles. The van der Waals surface area contributed by atoms with Crippen LogP contribution in [0, 0.1) is 11.8 Å². The summed E-state index contributed by atoms with van der Waals surface area (Å²) < 4.78 is 5.22. The molecule has 0 bridgehead atoms. The van der Waals surface area contributed by atoms with Crippen molar-refractivity contribution in [3.63, 3.8) is 0 Å². The lowest BCUT2D eigenvalue weighted by atomic mass is 10.2. The molecular weight excluding hydrogens is 212 g/mol. The van der Waals surface area contributed by atoms with E-state index in [0.29, 0.717) is 0 Å². The van der Waals surface area contributed by atoms with Crippen molar-refractivity contribution in [3.8, 4) is 0 Å². The highest BCUT2D eigenvalue weighted by atomic mass is 16.5. The third-order valence-electron chi connectivity index (χ3n) is 4.17. The van der Waals surface area contributed by atoms with Crippen LogP contribution in [0.1, 0.15) is 32.6 Å². The molecule has 1 unspecified atom stereocenters. The van der Waals surface area contributed by atoms with Gasteiger partial charge in [0.05, 0.1) is 6.61 Å². The minimum Gasteiger partial charge on any atom is -0.383 e. The summed E-state index contributed by atoms with van der Waals surface area (Å²) >= 11 is 0. The fourth-order valence-corrected chi connectivity index (χ4v) is 2.46. The Morgan fingerprint density at radius 2 is 2.00 bits per heavy atom. The van der Waals surface area contributed by atoms with Crippen molar-refractivity contribution < 1.29 is 4.74 Å². The zero-order valence-electron chi connectivity index (χ0n) is 11.5. The zero-order valence-corrected chi connectivity index (χ0v) is 11.5. The minimum atomic E-state index is 0.743. The zero-order chi connectivity index (χ0) is 12.1. The van der Waals surface area contributed by atoms with E-state index in [0.717, 1.165) is 37.6 Å². The van der Waals surface area contributed by atoms with Crippen LogP contribution in [0.3, 0.4) is 0 Å². The van der Waals surface area contributed by atoms with Crippen LogP contribution in [0.25, 0.3) is 0 Å². The van der Waals surface area contributed by atoms with Crippen LogP contribution in [0.15, 0.2) is 0 Å². The van der Waals surface area contributed by atoms with Crippen molar-refractivity contribution in [2.45, 2.75) is 38.6 Å². The van der Waals surface area contributed by atoms with Gasteiger partial charge in [-0.2, -0.15) is 0 Å². The molecule has 0 radical (unpaired) electrons. The number of methoxy groups -OCH3 is 1. The topological polar surface area (TPSA) is 24.5 Å². The standard InChI is InChI=1S/C14H28N2O/c1-12(14-5-6-14)16(9-10-17-2)8-7-15-11-13-3-4-13/h12-15H,3-11H2,1-2H3. The second-order valence-electron chi connectivity index (χ2n) is 5.75. The Balaban J connectivity index is 1.61. The molecule has 2 aliphatic carbocycles. The van der Waals surface area contributed by atoms with Gasteiger partial charge in [-0.05, 0) is 51.0 Å². The second kappa shape index (κ2) is 6.72. The molecule has 2 aliphatic rings. The maximum atomic E-state index is 5.22. The van der Waals surface area contributed by atoms with Gasteiger partial charge < -0.3 is 10.1 Å². The maximum Gasteiger partial charge on any atom is 0.0589 e. The van der Waals surface area contributed by atoms with E-state index in [1.807, 2.05) is 0 Å². The van der Waals surface area contributed by atoms with E-state index in [1.54, 1.807) is 7.11 Å². The molecule has 1 N–H and O–H groups in total. The predicted octanol–water partition coefficient (Wildman–Crippen LogP) is 1.73. The summed E-state index contributed by atoms with van der Waals surface area (Å²) in [6.45, 7) is 7.87. The molecule has 3 heteroatoms. The van der Waals surface area contributed by atoms with Gasteiger partial charge in [0.25, 0.3) is 0 Å². The Labute approximate surface area is 106 Å². The average molecular weight is 240 g/mol. The molecule has 0 saturated heterocycles. The summed E-state index contributed by atoms with van der Waals surface area (Å²) in [7, 11) is 1.80. The van der Waals surface area contributed by atoms with Crippen LogP contribution in [0.4, 0.5) is 0 Å². The molecule has 0 spiro atoms. The molecule has 0 amide bonds. The number of hydrogen-bond acceptors (Lipinski definition) is 3. The van der Waals surface area contributed by atoms with Crippen molar-refractivity contribution in [3.05, 3.63) is 0 Å². The van der Waals surface area contributed by atoms with Crippen molar-refractivity contribution in [1.82, 2.24) is 10.2 Å². The molecule has 1 atom stereocenters. The average Bonchev–Trinajstić information content (AvgIpc) is 3.17. The number of nitrogens with one attached hydrogen (secondary N) is 1. The molecule has 0 aromatic rings. The number of rotatable bonds is 10. The van der Waals surface area contributed by atoms with Gasteiger partial charge in [0.2, 0.25) is 0 Å². The summed E-state index contributed by atoms with van der Waals surface area (Å²) in [6.07, 6.45) is 5.75. The monoisotopic (exact) mass is 240 g/mol. The lowest BCUT2D eigenvalue weighted by Gasteiger charge is -2.29. The van der Waals surface area contributed by atoms with E-state index in [1.165, 1.54) is 38.8 Å². The summed E-state index contributed by atoms with van der Waals surface area (Å²) in [4.78, 5) is 2.60. The van der Waals surface area contributed by atoms with Gasteiger partial charge in [0, 0.05) is 32.8 Å². The fraction of sp³-hybridized carbons (Fsp3) is 1.00. The Kier molecular flexibility index (Phi) is 5.26. The van der Waals surface area contributed by atoms with Gasteiger partial charge >= 0.3 is 0 Å². The Morgan fingerprint density at radius 3 is 2.59 bits per heavy atom. The molecule has 3 nitrogen and oxygen atoms in total. The normalized spacial score (nSPS) is 22.1. The molecule has 0 heterocycles. The van der Waals surface area contributed by atoms with Crippen LogP contribution in [0.5, 0.6) is 0 Å². The van der Waals surface area contributed by atoms with Crippen LogP contribution in [-0.4, -0.2) is 50.8 Å². The first kappa shape index (κ1) is 13.3. The van der Waals surface area contributed by atoms with Gasteiger partial charge in [-0.25, -0.2) is 0 Å². The van der Waals surface area contributed by atoms with E-state index in [2.05, 4.69) is 17.1 Å². The van der Waals surface area contributed by atoms with Gasteiger partial charge in [-0.15, -0.1) is 0 Å². The lowest BCUT2D eigenvalue weighted by Crippen LogP contribution is -2.41. The largest absolute Gasteiger partial charge is 0.383 e. The molecule has 0 aliphatic heterocycles. The van der Waals surface area contributed by atoms with E-state index in [-0.39, 0.29) is 0 Å². The molecule has 2 saturated carbocycles. The van der Waals surface area contributed by atoms with Crippen LogP contribution < -0.4 is 5.32 Å². The predicted molar refractivity (Wildman–Crippen MR) is 71.2 cm³/mol. The summed E-state index contributed by atoms with van der Waals surface area (Å²) in [5.41, 5.74) is 0. The lowest BCUT2D eigenvalue weighted by molar-refractivity contribution is 0.117. The van der Waals surface area contributed by atoms with E-state index >= 15 is 0 Å². The number of ether oxygens (including phenoxy) is 1. The molecule has 100 valence electrons. The first-order chi connectivity index (χ1) is 8.31. The number of hydrogen-bond donors (Lipinski definition) is 1. The highest BCUT2D eigenvalue weighted by Gasteiger charge is 2.31. The van der Waals surface area contributed by atoms with Gasteiger partial charge in [0.15, 0.2) is 0 Å². The smallest absolute Gasteiger partial charge is 0.0589 e. The Hall–Kier alpha value is -0.120. The summed E-state index contributed by atoms with van der Waals surface area (Å²) in [5, 5.41) is 3.59. The fourth-order valence-electron chi connectivity index (χ4n) is 2.46. The first-order valence-corrected chi connectivity index (χ1v) is 7.25. The third kappa shape index (κ3) is 4.94. The van der Waals surface area contributed by atoms with Gasteiger partial charge in [-0.1, -0.05) is 0 Å². The van der Waals surface area contributed by atoms with Gasteiger partial charge in [-0.3, -0.25) is 4.90 Å². The van der Waals surface area contributed by atoms with Crippen molar-refractivity contribution >= 4 is 0 Å². The van der Waals surface area contributed by atoms with Gasteiger partial charge in [0.1, 0.15) is 0 Å². The quantitative estimate of drug-likeness (QED) is 0.589. The molecule has 2 fully saturated rings. The highest BCUT2D eigenvalue weighted by molar-refractivity contribution is 4.85. The molecule has 2 rings (SSSR count). The number of nitrogens with zero attached hydrogens (tertiary/aromatic N) is 1. The summed E-state index contributed by atoms with van der Waals surface area (Å²) in [5.74, 6) is 1.94. The van der Waals surface area contributed by atoms with Crippen molar-refractivity contribution in [2.24, 2.45) is 11.8 Å². The minimum absolute atomic E-state index is 0.743. The SMILES string of the molecule is COCCN(CCNCC1CC1)C(C)C1CC1. The van der Waals surface area contributed by atoms with Crippen molar-refractivity contribution in [1.29, 1.82) is 0 Å². The van der Waals surface area contributed by atoms with E-state index in [9.17, 15) is 0 Å². The summed E-state index contributed by atoms with van der Waals surface area (Å²) in [6, 6.07) is 0.743. The maximum absolute atomic E-state index is 5.22. The van der Waals surface area contributed by atoms with E-state index in [4.69, 9.17) is 4.74 Å². The van der Waals surface area contributed by atoms with Crippen LogP contribution in [0.2, 0.25) is 0 Å². The van der Waals surface area contributed by atoms with Crippen LogP contribution >= 0.6 is 0 Å². The Morgan fingerprint density at radius 1 is 1.24 bits per heavy atom.